The highest BCUT2D eigenvalue weighted by Crippen LogP contribution is 2.55. The van der Waals surface area contributed by atoms with Gasteiger partial charge in [0, 0.05) is 44.6 Å². The lowest BCUT2D eigenvalue weighted by Crippen LogP contribution is -2.27. The highest BCUT2D eigenvalue weighted by molar-refractivity contribution is 8.00. The molecule has 0 N–H and O–H groups in total. The highest BCUT2D eigenvalue weighted by Gasteiger charge is 2.40. The van der Waals surface area contributed by atoms with Crippen LogP contribution in [0.1, 0.15) is 27.9 Å². The predicted octanol–water partition coefficient (Wildman–Crippen LogP) is 12.0. The van der Waals surface area contributed by atoms with E-state index in [9.17, 15) is 5.48 Å². The molecule has 2 aliphatic rings. The number of hydrogen-bond donors (Lipinski definition) is 0. The Balaban J connectivity index is 1.20. The molecule has 10 rings (SSSR count). The van der Waals surface area contributed by atoms with Crippen LogP contribution in [0.15, 0.2) is 192 Å². The van der Waals surface area contributed by atoms with Crippen LogP contribution in [0.3, 0.4) is 0 Å². The maximum Gasteiger partial charge on any atom is 0.164 e. The van der Waals surface area contributed by atoms with E-state index in [1.54, 1.807) is 6.08 Å². The molecule has 0 bridgehead atoms. The Morgan fingerprint density at radius 3 is 1.71 bits per heavy atom. The lowest BCUT2D eigenvalue weighted by atomic mass is 9.86. The van der Waals surface area contributed by atoms with Crippen molar-refractivity contribution in [3.8, 4) is 34.2 Å². The molecule has 4 nitrogen and oxygen atoms in total. The number of anilines is 2. The van der Waals surface area contributed by atoms with Gasteiger partial charge < -0.3 is 4.90 Å². The summed E-state index contributed by atoms with van der Waals surface area (Å²) in [6.45, 7) is 0. The van der Waals surface area contributed by atoms with E-state index in [1.807, 2.05) is 91.0 Å². The molecular weight excluding hydrogens is 653 g/mol. The first-order valence-corrected chi connectivity index (χ1v) is 17.5. The Kier molecular flexibility index (Phi) is 5.05. The maximum atomic E-state index is 9.45. The van der Waals surface area contributed by atoms with Gasteiger partial charge in [0.15, 0.2) is 17.5 Å². The molecule has 5 heteroatoms. The van der Waals surface area contributed by atoms with Crippen molar-refractivity contribution in [1.29, 1.82) is 0 Å². The van der Waals surface area contributed by atoms with Crippen LogP contribution in [0, 0.1) is 0 Å². The summed E-state index contributed by atoms with van der Waals surface area (Å²) in [6.07, 6.45) is 5.67. The van der Waals surface area contributed by atoms with Crippen LogP contribution < -0.4 is 4.90 Å². The Morgan fingerprint density at radius 1 is 0.558 bits per heavy atom. The minimum Gasteiger partial charge on any atom is -0.313 e. The summed E-state index contributed by atoms with van der Waals surface area (Å²) in [6, 6.07) is 22.2. The summed E-state index contributed by atoms with van der Waals surface area (Å²) in [5, 5.41) is -0.848. The van der Waals surface area contributed by atoms with Crippen LogP contribution >= 0.6 is 11.8 Å². The number of hydrogen-bond acceptors (Lipinski definition) is 5. The normalized spacial score (nSPS) is 19.3. The average Bonchev–Trinajstić information content (AvgIpc) is 3.71. The number of allylic oxidation sites excluding steroid dienone is 3. The fourth-order valence-corrected chi connectivity index (χ4v) is 8.28. The minimum absolute atomic E-state index is 0.0230. The van der Waals surface area contributed by atoms with Gasteiger partial charge in [-0.1, -0.05) is 145 Å². The van der Waals surface area contributed by atoms with Gasteiger partial charge in [-0.05, 0) is 63.5 Å². The van der Waals surface area contributed by atoms with Crippen molar-refractivity contribution < 1.29 is 16.4 Å². The summed E-state index contributed by atoms with van der Waals surface area (Å²) < 4.78 is 106. The van der Waals surface area contributed by atoms with Crippen molar-refractivity contribution >= 4 is 44.7 Å². The van der Waals surface area contributed by atoms with Gasteiger partial charge in [0.05, 0.1) is 21.7 Å². The van der Waals surface area contributed by atoms with Gasteiger partial charge in [0.1, 0.15) is 0 Å². The molecule has 2 atom stereocenters. The summed E-state index contributed by atoms with van der Waals surface area (Å²) in [7, 11) is 0. The molecule has 0 radical (unpaired) electrons. The summed E-state index contributed by atoms with van der Waals surface area (Å²) in [5.74, 6) is 1.05. The second kappa shape index (κ2) is 12.8. The quantitative estimate of drug-likeness (QED) is 0.173. The largest absolute Gasteiger partial charge is 0.313 e. The molecule has 1 aliphatic carbocycles. The fourth-order valence-electron chi connectivity index (χ4n) is 6.79. The monoisotopic (exact) mass is 696 g/mol. The zero-order valence-electron chi connectivity index (χ0n) is 39.2. The first kappa shape index (κ1) is 20.5. The summed E-state index contributed by atoms with van der Waals surface area (Å²) in [5.41, 5.74) is 3.72. The summed E-state index contributed by atoms with van der Waals surface area (Å²) in [4.78, 5) is 17.4. The first-order chi connectivity index (χ1) is 30.8. The minimum atomic E-state index is -0.546. The molecule has 0 amide bonds. The van der Waals surface area contributed by atoms with E-state index in [-0.39, 0.29) is 38.8 Å². The van der Waals surface area contributed by atoms with E-state index in [0.29, 0.717) is 23.2 Å². The van der Waals surface area contributed by atoms with Crippen LogP contribution in [0.4, 0.5) is 11.4 Å². The van der Waals surface area contributed by atoms with Gasteiger partial charge in [-0.3, -0.25) is 0 Å². The van der Waals surface area contributed by atoms with Crippen molar-refractivity contribution in [2.45, 2.75) is 16.1 Å². The van der Waals surface area contributed by atoms with E-state index >= 15 is 0 Å². The second-order valence-corrected chi connectivity index (χ2v) is 13.5. The van der Waals surface area contributed by atoms with Gasteiger partial charge in [0.2, 0.25) is 0 Å². The number of rotatable bonds is 6. The van der Waals surface area contributed by atoms with Gasteiger partial charge in [-0.2, -0.15) is 0 Å². The zero-order valence-corrected chi connectivity index (χ0v) is 28.1. The number of aromatic nitrogens is 3. The molecule has 246 valence electrons. The van der Waals surface area contributed by atoms with E-state index in [1.165, 1.54) is 28.8 Å². The van der Waals surface area contributed by atoms with Crippen LogP contribution in [0.5, 0.6) is 0 Å². The van der Waals surface area contributed by atoms with Gasteiger partial charge in [-0.15, -0.1) is 11.8 Å². The molecule has 0 saturated carbocycles. The molecule has 2 unspecified atom stereocenters. The van der Waals surface area contributed by atoms with Crippen LogP contribution in [-0.2, 0) is 0 Å². The summed E-state index contributed by atoms with van der Waals surface area (Å²) >= 11 is 1.51. The number of fused-ring (bicyclic) bond motifs is 5. The van der Waals surface area contributed by atoms with Crippen molar-refractivity contribution in [3.05, 3.63) is 193 Å². The molecule has 0 saturated heterocycles. The standard InChI is InChI=1S/C47H32N4S/c1-3-15-33(16-4-1)45-48-46(34-17-5-2-6-18-34)50-47(49-45)40-22-12-24-42-43(40)39-21-11-23-41(44(39)52-42)51(37-27-25-31-13-7-9-19-35(31)29-37)38-28-26-32-14-8-10-20-36(32)30-38/h1-30,39,44H/i7D,8D,9D,10D,13D,14D,19D,20D,25D,26D,27D,28D. The second-order valence-electron chi connectivity index (χ2n) is 12.3. The number of thioether (sulfide) groups is 1. The topological polar surface area (TPSA) is 41.9 Å². The molecule has 2 heterocycles. The molecule has 0 spiro atoms. The SMILES string of the molecule is [2H]c1c([2H])c([2H])c2c([2H])c([2H])c(N(C3=CC=CC4c5c(cccc5-c5nc(-c6ccccc6)nc(-c6ccccc6)n5)SC34)c3cc4c([2H])c([2H])c([2H])c([2H])c4c([2H])c3[2H])cc2c1[2H]. The molecule has 0 fully saturated rings. The number of benzene rings is 7. The third-order valence-corrected chi connectivity index (χ3v) is 10.6. The smallest absolute Gasteiger partial charge is 0.164 e. The average molecular weight is 697 g/mol. The van der Waals surface area contributed by atoms with Crippen molar-refractivity contribution in [2.75, 3.05) is 4.90 Å². The Bertz CT molecular complexity index is 3190. The molecule has 52 heavy (non-hydrogen) atoms. The number of nitrogens with zero attached hydrogens (tertiary/aromatic N) is 4. The molecule has 7 aromatic carbocycles. The Hall–Kier alpha value is -6.30. The third-order valence-electron chi connectivity index (χ3n) is 9.16. The molecular formula is C47H32N4S. The van der Waals surface area contributed by atoms with E-state index in [4.69, 9.17) is 25.9 Å². The van der Waals surface area contributed by atoms with Gasteiger partial charge >= 0.3 is 0 Å². The molecule has 1 aromatic heterocycles. The fraction of sp³-hybridized carbons (Fsp3) is 0.0426. The first-order valence-electron chi connectivity index (χ1n) is 22.6. The Labute approximate surface area is 323 Å². The van der Waals surface area contributed by atoms with E-state index in [2.05, 4.69) is 0 Å². The van der Waals surface area contributed by atoms with Crippen molar-refractivity contribution in [3.63, 3.8) is 0 Å². The van der Waals surface area contributed by atoms with Gasteiger partial charge in [0.25, 0.3) is 0 Å². The third kappa shape index (κ3) is 5.38. The van der Waals surface area contributed by atoms with E-state index < -0.39 is 77.8 Å². The van der Waals surface area contributed by atoms with Crippen molar-refractivity contribution in [1.82, 2.24) is 15.0 Å². The van der Waals surface area contributed by atoms with Crippen molar-refractivity contribution in [2.24, 2.45) is 0 Å². The molecule has 1 aliphatic heterocycles. The predicted molar refractivity (Wildman–Crippen MR) is 216 cm³/mol. The molecule has 8 aromatic rings. The lowest BCUT2D eigenvalue weighted by molar-refractivity contribution is 0.823. The van der Waals surface area contributed by atoms with E-state index in [0.717, 1.165) is 27.1 Å². The Morgan fingerprint density at radius 2 is 1.12 bits per heavy atom. The maximum absolute atomic E-state index is 9.45. The zero-order chi connectivity index (χ0) is 44.9. The lowest BCUT2D eigenvalue weighted by Gasteiger charge is -2.34. The van der Waals surface area contributed by atoms with Crippen LogP contribution in [-0.4, -0.2) is 20.2 Å². The van der Waals surface area contributed by atoms with Crippen LogP contribution in [0.2, 0.25) is 0 Å². The van der Waals surface area contributed by atoms with Crippen LogP contribution in [0.25, 0.3) is 55.7 Å². The van der Waals surface area contributed by atoms with Gasteiger partial charge in [-0.25, -0.2) is 15.0 Å². The highest BCUT2D eigenvalue weighted by atomic mass is 32.2.